The minimum absolute atomic E-state index is 0.0612. The van der Waals surface area contributed by atoms with E-state index in [9.17, 15) is 9.59 Å². The van der Waals surface area contributed by atoms with Crippen LogP contribution in [0.3, 0.4) is 0 Å². The third kappa shape index (κ3) is 7.28. The molecule has 38 heavy (non-hydrogen) atoms. The molecule has 2 N–H and O–H groups in total. The fourth-order valence-corrected chi connectivity index (χ4v) is 4.95. The lowest BCUT2D eigenvalue weighted by molar-refractivity contribution is 0.0951. The molecule has 2 amide bonds. The number of carbonyl (C=O) groups excluding carboxylic acids is 2. The SMILES string of the molecule is CC(C)c1nccn1CCCNC(=O)c1ccc2c(c1)CNCCCCCCCN2C(=O)c1cccnc1. The van der Waals surface area contributed by atoms with Crippen molar-refractivity contribution in [2.24, 2.45) is 0 Å². The molecule has 0 fully saturated rings. The van der Waals surface area contributed by atoms with Crippen molar-refractivity contribution >= 4 is 17.5 Å². The lowest BCUT2D eigenvalue weighted by Gasteiger charge is -2.26. The van der Waals surface area contributed by atoms with Crippen LogP contribution >= 0.6 is 0 Å². The molecule has 8 nitrogen and oxygen atoms in total. The Kier molecular flexibility index (Phi) is 10.0. The highest BCUT2D eigenvalue weighted by atomic mass is 16.2. The molecule has 202 valence electrons. The van der Waals surface area contributed by atoms with Gasteiger partial charge in [-0.1, -0.05) is 33.1 Å². The van der Waals surface area contributed by atoms with Gasteiger partial charge in [0.25, 0.3) is 11.8 Å². The summed E-state index contributed by atoms with van der Waals surface area (Å²) in [6.07, 6.45) is 13.4. The number of aryl methyl sites for hydroxylation is 1. The second-order valence-electron chi connectivity index (χ2n) is 10.2. The minimum atomic E-state index is -0.0984. The van der Waals surface area contributed by atoms with E-state index < -0.39 is 0 Å². The highest BCUT2D eigenvalue weighted by molar-refractivity contribution is 6.06. The van der Waals surface area contributed by atoms with E-state index in [-0.39, 0.29) is 11.8 Å². The number of anilines is 1. The van der Waals surface area contributed by atoms with Crippen molar-refractivity contribution in [3.63, 3.8) is 0 Å². The van der Waals surface area contributed by atoms with Crippen molar-refractivity contribution < 1.29 is 9.59 Å². The molecule has 0 bridgehead atoms. The highest BCUT2D eigenvalue weighted by Gasteiger charge is 2.22. The Bertz CT molecular complexity index is 1190. The fourth-order valence-electron chi connectivity index (χ4n) is 4.95. The van der Waals surface area contributed by atoms with Gasteiger partial charge in [0, 0.05) is 68.1 Å². The van der Waals surface area contributed by atoms with Gasteiger partial charge in [-0.2, -0.15) is 0 Å². The average molecular weight is 517 g/mol. The molecular weight excluding hydrogens is 476 g/mol. The van der Waals surface area contributed by atoms with Crippen LogP contribution in [0, 0.1) is 0 Å². The van der Waals surface area contributed by atoms with Gasteiger partial charge in [-0.15, -0.1) is 0 Å². The first kappa shape index (κ1) is 27.5. The standard InChI is InChI=1S/C30H40N6O2/c1-23(2)28-33-16-19-35(28)17-9-15-34-29(37)24-11-12-27-26(20-24)22-31-13-6-4-3-5-7-18-36(27)30(38)25-10-8-14-32-21-25/h8,10-12,14,16,19-21,23,31H,3-7,9,13,15,17-18,22H2,1-2H3,(H,34,37). The van der Waals surface area contributed by atoms with Gasteiger partial charge in [0.15, 0.2) is 0 Å². The molecule has 1 aliphatic heterocycles. The molecule has 3 aromatic rings. The molecule has 0 saturated heterocycles. The molecule has 0 saturated carbocycles. The first-order valence-corrected chi connectivity index (χ1v) is 13.9. The van der Waals surface area contributed by atoms with Crippen LogP contribution in [0.1, 0.15) is 90.4 Å². The van der Waals surface area contributed by atoms with E-state index in [1.165, 1.54) is 12.8 Å². The fraction of sp³-hybridized carbons (Fsp3) is 0.467. The van der Waals surface area contributed by atoms with Gasteiger partial charge in [-0.3, -0.25) is 14.6 Å². The molecule has 0 unspecified atom stereocenters. The van der Waals surface area contributed by atoms with Crippen LogP contribution in [0.2, 0.25) is 0 Å². The summed E-state index contributed by atoms with van der Waals surface area (Å²) in [5.74, 6) is 1.27. The largest absolute Gasteiger partial charge is 0.352 e. The van der Waals surface area contributed by atoms with Crippen molar-refractivity contribution in [3.8, 4) is 0 Å². The number of hydrogen-bond acceptors (Lipinski definition) is 5. The molecule has 1 aliphatic rings. The van der Waals surface area contributed by atoms with Crippen LogP contribution in [0.25, 0.3) is 0 Å². The Hall–Kier alpha value is -3.52. The van der Waals surface area contributed by atoms with E-state index in [0.29, 0.717) is 36.7 Å². The van der Waals surface area contributed by atoms with Gasteiger partial charge in [-0.25, -0.2) is 4.98 Å². The number of hydrogen-bond donors (Lipinski definition) is 2. The molecule has 2 aromatic heterocycles. The van der Waals surface area contributed by atoms with E-state index in [1.54, 1.807) is 24.5 Å². The summed E-state index contributed by atoms with van der Waals surface area (Å²) >= 11 is 0. The summed E-state index contributed by atoms with van der Waals surface area (Å²) in [6, 6.07) is 9.28. The minimum Gasteiger partial charge on any atom is -0.352 e. The number of carbonyl (C=O) groups is 2. The first-order valence-electron chi connectivity index (χ1n) is 13.9. The number of nitrogens with zero attached hydrogens (tertiary/aromatic N) is 4. The zero-order chi connectivity index (χ0) is 26.7. The summed E-state index contributed by atoms with van der Waals surface area (Å²) in [4.78, 5) is 37.0. The number of aromatic nitrogens is 3. The Morgan fingerprint density at radius 1 is 1.05 bits per heavy atom. The third-order valence-electron chi connectivity index (χ3n) is 6.96. The summed E-state index contributed by atoms with van der Waals surface area (Å²) in [5, 5.41) is 6.58. The first-order chi connectivity index (χ1) is 18.5. The third-order valence-corrected chi connectivity index (χ3v) is 6.96. The smallest absolute Gasteiger partial charge is 0.259 e. The van der Waals surface area contributed by atoms with Crippen molar-refractivity contribution in [1.29, 1.82) is 0 Å². The van der Waals surface area contributed by atoms with Crippen LogP contribution in [0.4, 0.5) is 5.69 Å². The van der Waals surface area contributed by atoms with Crippen LogP contribution in [0.5, 0.6) is 0 Å². The number of imidazole rings is 1. The number of fused-ring (bicyclic) bond motifs is 1. The van der Waals surface area contributed by atoms with Crippen molar-refractivity contribution in [2.75, 3.05) is 24.5 Å². The number of amides is 2. The number of benzene rings is 1. The van der Waals surface area contributed by atoms with E-state index in [2.05, 4.69) is 39.0 Å². The summed E-state index contributed by atoms with van der Waals surface area (Å²) < 4.78 is 2.15. The Morgan fingerprint density at radius 3 is 2.71 bits per heavy atom. The van der Waals surface area contributed by atoms with Crippen LogP contribution in [-0.2, 0) is 13.1 Å². The average Bonchev–Trinajstić information content (AvgIpc) is 3.40. The molecule has 0 aliphatic carbocycles. The monoisotopic (exact) mass is 516 g/mol. The predicted octanol–water partition coefficient (Wildman–Crippen LogP) is 4.92. The van der Waals surface area contributed by atoms with Crippen molar-refractivity contribution in [1.82, 2.24) is 25.2 Å². The Labute approximate surface area is 225 Å². The lowest BCUT2D eigenvalue weighted by atomic mass is 10.0. The topological polar surface area (TPSA) is 92.2 Å². The maximum Gasteiger partial charge on any atom is 0.259 e. The molecule has 1 aromatic carbocycles. The van der Waals surface area contributed by atoms with Gasteiger partial charge < -0.3 is 20.1 Å². The van der Waals surface area contributed by atoms with Crippen molar-refractivity contribution in [3.05, 3.63) is 77.6 Å². The lowest BCUT2D eigenvalue weighted by Crippen LogP contribution is -2.34. The zero-order valence-corrected chi connectivity index (χ0v) is 22.7. The van der Waals surface area contributed by atoms with Gasteiger partial charge in [0.1, 0.15) is 5.82 Å². The second kappa shape index (κ2) is 13.9. The zero-order valence-electron chi connectivity index (χ0n) is 22.7. The van der Waals surface area contributed by atoms with Crippen LogP contribution < -0.4 is 15.5 Å². The second-order valence-corrected chi connectivity index (χ2v) is 10.2. The van der Waals surface area contributed by atoms with Crippen molar-refractivity contribution in [2.45, 2.75) is 71.4 Å². The summed E-state index contributed by atoms with van der Waals surface area (Å²) in [5.41, 5.74) is 2.98. The van der Waals surface area contributed by atoms with Gasteiger partial charge >= 0.3 is 0 Å². The Morgan fingerprint density at radius 2 is 1.89 bits per heavy atom. The van der Waals surface area contributed by atoms with E-state index in [1.807, 2.05) is 35.5 Å². The molecule has 0 atom stereocenters. The molecule has 3 heterocycles. The molecule has 0 radical (unpaired) electrons. The van der Waals surface area contributed by atoms with Gasteiger partial charge in [-0.05, 0) is 61.7 Å². The normalized spacial score (nSPS) is 14.9. The molecule has 4 rings (SSSR count). The van der Waals surface area contributed by atoms with Gasteiger partial charge in [0.2, 0.25) is 0 Å². The van der Waals surface area contributed by atoms with Gasteiger partial charge in [0.05, 0.1) is 5.56 Å². The van der Waals surface area contributed by atoms with E-state index in [4.69, 9.17) is 0 Å². The quantitative estimate of drug-likeness (QED) is 0.435. The maximum absolute atomic E-state index is 13.5. The predicted molar refractivity (Wildman–Crippen MR) is 150 cm³/mol. The van der Waals surface area contributed by atoms with Crippen LogP contribution in [-0.4, -0.2) is 46.0 Å². The Balaban J connectivity index is 1.48. The molecule has 0 spiro atoms. The molecular formula is C30H40N6O2. The van der Waals surface area contributed by atoms with E-state index in [0.717, 1.165) is 55.8 Å². The number of nitrogens with one attached hydrogen (secondary N) is 2. The number of rotatable bonds is 7. The van der Waals surface area contributed by atoms with E-state index >= 15 is 0 Å². The van der Waals surface area contributed by atoms with Crippen LogP contribution in [0.15, 0.2) is 55.1 Å². The number of pyridine rings is 1. The summed E-state index contributed by atoms with van der Waals surface area (Å²) in [6.45, 7) is 7.81. The summed E-state index contributed by atoms with van der Waals surface area (Å²) in [7, 11) is 0. The maximum atomic E-state index is 13.5. The molecule has 8 heteroatoms. The highest BCUT2D eigenvalue weighted by Crippen LogP contribution is 2.26.